The molecule has 0 aromatic heterocycles. The molecule has 37 heavy (non-hydrogen) atoms. The summed E-state index contributed by atoms with van der Waals surface area (Å²) in [7, 11) is -3.84. The number of nitrogens with one attached hydrogen (secondary N) is 1. The molecule has 3 rings (SSSR count). The summed E-state index contributed by atoms with van der Waals surface area (Å²) in [5.41, 5.74) is 1.09. The van der Waals surface area contributed by atoms with Crippen molar-refractivity contribution in [1.29, 1.82) is 0 Å². The summed E-state index contributed by atoms with van der Waals surface area (Å²) in [6.45, 7) is 7.44. The van der Waals surface area contributed by atoms with Crippen LogP contribution in [0, 0.1) is 0 Å². The molecule has 0 saturated heterocycles. The highest BCUT2D eigenvalue weighted by atomic mass is 79.9. The summed E-state index contributed by atoms with van der Waals surface area (Å²) in [5.74, 6) is -0.0769. The van der Waals surface area contributed by atoms with Gasteiger partial charge in [0.1, 0.15) is 25.8 Å². The number of fused-ring (bicyclic) bond motifs is 1. The molecule has 0 aliphatic carbocycles. The first kappa shape index (κ1) is 28.8. The molecule has 1 heterocycles. The van der Waals surface area contributed by atoms with Gasteiger partial charge in [-0.25, -0.2) is 8.42 Å². The van der Waals surface area contributed by atoms with Gasteiger partial charge in [0.15, 0.2) is 11.5 Å². The normalized spacial score (nSPS) is 14.4. The van der Waals surface area contributed by atoms with E-state index in [2.05, 4.69) is 21.2 Å². The molecule has 0 fully saturated rings. The maximum absolute atomic E-state index is 13.7. The third-order valence-corrected chi connectivity index (χ3v) is 8.44. The molecule has 1 aliphatic heterocycles. The number of sulfonamides is 1. The largest absolute Gasteiger partial charge is 0.486 e. The Morgan fingerprint density at radius 2 is 1.76 bits per heavy atom. The lowest BCUT2D eigenvalue weighted by molar-refractivity contribution is -0.139. The van der Waals surface area contributed by atoms with Crippen LogP contribution < -0.4 is 19.1 Å². The fourth-order valence-electron chi connectivity index (χ4n) is 3.79. The number of carbonyl (C=O) groups is 2. The second-order valence-corrected chi connectivity index (χ2v) is 12.0. The molecule has 202 valence electrons. The molecule has 0 bridgehead atoms. The lowest BCUT2D eigenvalue weighted by Gasteiger charge is -2.32. The molecule has 2 amide bonds. The standard InChI is InChI=1S/C26H34BrN3O6S/c1-5-18(3)28-26(32)19(4)29(16-20-8-7-9-21(27)14-20)25(31)17-30(37(33,34)6-2)22-10-11-23-24(15-22)36-13-12-35-23/h7-11,14-15,18-19H,5-6,12-13,16-17H2,1-4H3,(H,28,32)/t18-,19-/m1/s1. The second kappa shape index (κ2) is 12.6. The Balaban J connectivity index is 1.94. The summed E-state index contributed by atoms with van der Waals surface area (Å²) in [6, 6.07) is 11.3. The monoisotopic (exact) mass is 595 g/mol. The van der Waals surface area contributed by atoms with Gasteiger partial charge in [0.2, 0.25) is 21.8 Å². The smallest absolute Gasteiger partial charge is 0.244 e. The minimum Gasteiger partial charge on any atom is -0.486 e. The minimum atomic E-state index is -3.84. The lowest BCUT2D eigenvalue weighted by Crippen LogP contribution is -2.52. The molecule has 1 N–H and O–H groups in total. The number of rotatable bonds is 11. The molecular weight excluding hydrogens is 562 g/mol. The van der Waals surface area contributed by atoms with Crippen molar-refractivity contribution in [2.24, 2.45) is 0 Å². The number of ether oxygens (including phenoxy) is 2. The Hall–Kier alpha value is -2.79. The Morgan fingerprint density at radius 1 is 1.05 bits per heavy atom. The van der Waals surface area contributed by atoms with E-state index >= 15 is 0 Å². The van der Waals surface area contributed by atoms with Crippen molar-refractivity contribution in [3.63, 3.8) is 0 Å². The van der Waals surface area contributed by atoms with Crippen LogP contribution in [0.4, 0.5) is 5.69 Å². The van der Waals surface area contributed by atoms with Crippen molar-refractivity contribution in [1.82, 2.24) is 10.2 Å². The highest BCUT2D eigenvalue weighted by molar-refractivity contribution is 9.10. The van der Waals surface area contributed by atoms with Crippen molar-refractivity contribution < 1.29 is 27.5 Å². The van der Waals surface area contributed by atoms with E-state index in [0.717, 1.165) is 20.8 Å². The van der Waals surface area contributed by atoms with E-state index in [1.54, 1.807) is 25.1 Å². The minimum absolute atomic E-state index is 0.0625. The summed E-state index contributed by atoms with van der Waals surface area (Å²) in [6.07, 6.45) is 0.741. The molecule has 0 unspecified atom stereocenters. The number of hydrogen-bond acceptors (Lipinski definition) is 6. The van der Waals surface area contributed by atoms with Crippen LogP contribution in [0.25, 0.3) is 0 Å². The van der Waals surface area contributed by atoms with Gasteiger partial charge in [-0.15, -0.1) is 0 Å². The fourth-order valence-corrected chi connectivity index (χ4v) is 5.29. The van der Waals surface area contributed by atoms with Gasteiger partial charge in [0.25, 0.3) is 0 Å². The van der Waals surface area contributed by atoms with Crippen molar-refractivity contribution in [3.8, 4) is 11.5 Å². The molecule has 11 heteroatoms. The van der Waals surface area contributed by atoms with E-state index in [4.69, 9.17) is 9.47 Å². The number of anilines is 1. The van der Waals surface area contributed by atoms with Gasteiger partial charge in [-0.2, -0.15) is 0 Å². The van der Waals surface area contributed by atoms with Gasteiger partial charge in [-0.3, -0.25) is 13.9 Å². The number of halogens is 1. The molecule has 9 nitrogen and oxygen atoms in total. The second-order valence-electron chi connectivity index (χ2n) is 8.88. The molecular formula is C26H34BrN3O6S. The van der Waals surface area contributed by atoms with E-state index in [0.29, 0.717) is 30.4 Å². The van der Waals surface area contributed by atoms with Crippen LogP contribution in [0.3, 0.4) is 0 Å². The maximum Gasteiger partial charge on any atom is 0.244 e. The number of hydrogen-bond donors (Lipinski definition) is 1. The van der Waals surface area contributed by atoms with Crippen molar-refractivity contribution in [2.75, 3.05) is 29.8 Å². The van der Waals surface area contributed by atoms with Crippen LogP contribution in [0.2, 0.25) is 0 Å². The van der Waals surface area contributed by atoms with Crippen LogP contribution in [-0.4, -0.2) is 62.7 Å². The van der Waals surface area contributed by atoms with Crippen LogP contribution in [0.5, 0.6) is 11.5 Å². The highest BCUT2D eigenvalue weighted by Gasteiger charge is 2.32. The quantitative estimate of drug-likeness (QED) is 0.424. The number of benzene rings is 2. The van der Waals surface area contributed by atoms with Gasteiger partial charge < -0.3 is 19.7 Å². The van der Waals surface area contributed by atoms with Gasteiger partial charge in [0.05, 0.1) is 11.4 Å². The van der Waals surface area contributed by atoms with Gasteiger partial charge in [0, 0.05) is 23.1 Å². The topological polar surface area (TPSA) is 105 Å². The van der Waals surface area contributed by atoms with Crippen molar-refractivity contribution >= 4 is 43.5 Å². The van der Waals surface area contributed by atoms with E-state index in [9.17, 15) is 18.0 Å². The van der Waals surface area contributed by atoms with Crippen molar-refractivity contribution in [2.45, 2.75) is 52.7 Å². The van der Waals surface area contributed by atoms with Crippen LogP contribution >= 0.6 is 15.9 Å². The van der Waals surface area contributed by atoms with Crippen LogP contribution in [0.1, 0.15) is 39.7 Å². The highest BCUT2D eigenvalue weighted by Crippen LogP contribution is 2.35. The first-order valence-corrected chi connectivity index (χ1v) is 14.7. The van der Waals surface area contributed by atoms with E-state index < -0.39 is 28.5 Å². The van der Waals surface area contributed by atoms with E-state index in [1.165, 1.54) is 11.8 Å². The van der Waals surface area contributed by atoms with Gasteiger partial charge in [-0.05, 0) is 57.0 Å². The van der Waals surface area contributed by atoms with Crippen LogP contribution in [-0.2, 0) is 26.2 Å². The zero-order valence-corrected chi connectivity index (χ0v) is 24.0. The summed E-state index contributed by atoms with van der Waals surface area (Å²) in [5, 5.41) is 2.92. The first-order chi connectivity index (χ1) is 17.6. The number of nitrogens with zero attached hydrogens (tertiary/aromatic N) is 2. The summed E-state index contributed by atoms with van der Waals surface area (Å²) in [4.78, 5) is 28.2. The molecule has 0 radical (unpaired) electrons. The average molecular weight is 597 g/mol. The third kappa shape index (κ3) is 7.38. The fraction of sp³-hybridized carbons (Fsp3) is 0.462. The Bertz CT molecular complexity index is 1220. The zero-order chi connectivity index (χ0) is 27.2. The molecule has 2 atom stereocenters. The first-order valence-electron chi connectivity index (χ1n) is 12.3. The van der Waals surface area contributed by atoms with Crippen molar-refractivity contribution in [3.05, 3.63) is 52.5 Å². The van der Waals surface area contributed by atoms with E-state index in [1.807, 2.05) is 38.1 Å². The zero-order valence-electron chi connectivity index (χ0n) is 21.6. The number of amides is 2. The predicted molar refractivity (Wildman–Crippen MR) is 146 cm³/mol. The Kier molecular flexibility index (Phi) is 9.83. The van der Waals surface area contributed by atoms with Gasteiger partial charge >= 0.3 is 0 Å². The van der Waals surface area contributed by atoms with E-state index in [-0.39, 0.29) is 24.2 Å². The lowest BCUT2D eigenvalue weighted by atomic mass is 10.1. The molecule has 0 spiro atoms. The Morgan fingerprint density at radius 3 is 2.41 bits per heavy atom. The average Bonchev–Trinajstić information content (AvgIpc) is 2.89. The molecule has 1 aliphatic rings. The molecule has 0 saturated carbocycles. The summed E-state index contributed by atoms with van der Waals surface area (Å²) >= 11 is 3.44. The SMILES string of the molecule is CC[C@@H](C)NC(=O)[C@@H](C)N(Cc1cccc(Br)c1)C(=O)CN(c1ccc2c(c1)OCCO2)S(=O)(=O)CC. The summed E-state index contributed by atoms with van der Waals surface area (Å²) < 4.78 is 39.3. The Labute approximate surface area is 227 Å². The predicted octanol–water partition coefficient (Wildman–Crippen LogP) is 3.71. The van der Waals surface area contributed by atoms with Crippen LogP contribution in [0.15, 0.2) is 46.9 Å². The molecule has 2 aromatic carbocycles. The number of carbonyl (C=O) groups excluding carboxylic acids is 2. The molecule has 2 aromatic rings. The van der Waals surface area contributed by atoms with Gasteiger partial charge in [-0.1, -0.05) is 35.0 Å². The maximum atomic E-state index is 13.7. The third-order valence-electron chi connectivity index (χ3n) is 6.20.